The minimum atomic E-state index is -6.00. The molecule has 2 fully saturated rings. The number of hydrogen-bond donors (Lipinski definition) is 0. The molecule has 0 aromatic carbocycles. The number of rotatable bonds is 7. The molecular formula is C26H48BF4P2Rh-. The predicted octanol–water partition coefficient (Wildman–Crippen LogP) is 10.6. The van der Waals surface area contributed by atoms with Crippen molar-refractivity contribution >= 4 is 23.1 Å². The second-order valence-electron chi connectivity index (χ2n) is 9.47. The van der Waals surface area contributed by atoms with Gasteiger partial charge in [-0.3, -0.25) is 0 Å². The molecule has 4 atom stereocenters. The number of hydrogen-bond acceptors (Lipinski definition) is 0. The number of allylic oxidation sites excluding steroid dienone is 4. The fourth-order valence-corrected chi connectivity index (χ4v) is 13.9. The predicted molar refractivity (Wildman–Crippen MR) is 145 cm³/mol. The van der Waals surface area contributed by atoms with Crippen LogP contribution in [0, 0.1) is 0 Å². The molecule has 0 nitrogen and oxygen atoms in total. The molecule has 0 saturated carbocycles. The van der Waals surface area contributed by atoms with Crippen LogP contribution in [0.25, 0.3) is 0 Å². The van der Waals surface area contributed by atoms with Gasteiger partial charge in [-0.2, -0.15) is 0 Å². The van der Waals surface area contributed by atoms with Crippen molar-refractivity contribution in [3.63, 3.8) is 0 Å². The van der Waals surface area contributed by atoms with Crippen molar-refractivity contribution in [3.8, 4) is 0 Å². The summed E-state index contributed by atoms with van der Waals surface area (Å²) in [6, 6.07) is 0. The molecule has 0 bridgehead atoms. The summed E-state index contributed by atoms with van der Waals surface area (Å²) in [5.41, 5.74) is 4.53. The van der Waals surface area contributed by atoms with E-state index in [0.29, 0.717) is 15.8 Å². The van der Waals surface area contributed by atoms with Crippen LogP contribution in [-0.4, -0.2) is 42.2 Å². The molecule has 2 heterocycles. The molecule has 1 radical (unpaired) electrons. The molecule has 0 spiro atoms. The molecule has 0 unspecified atom stereocenters. The van der Waals surface area contributed by atoms with Crippen LogP contribution in [0.4, 0.5) is 17.3 Å². The largest absolute Gasteiger partial charge is 0.673 e. The van der Waals surface area contributed by atoms with Crippen LogP contribution in [0.3, 0.4) is 0 Å². The van der Waals surface area contributed by atoms with Gasteiger partial charge in [0, 0.05) is 19.5 Å². The molecule has 0 amide bonds. The van der Waals surface area contributed by atoms with Gasteiger partial charge in [-0.15, -0.1) is 15.8 Å². The van der Waals surface area contributed by atoms with Crippen molar-refractivity contribution in [2.45, 2.75) is 127 Å². The fourth-order valence-electron chi connectivity index (χ4n) is 5.60. The summed E-state index contributed by atoms with van der Waals surface area (Å²) in [5, 5.41) is 0. The Balaban J connectivity index is 0.000000642. The van der Waals surface area contributed by atoms with Gasteiger partial charge in [0.2, 0.25) is 0 Å². The van der Waals surface area contributed by atoms with Gasteiger partial charge in [0.15, 0.2) is 0 Å². The third kappa shape index (κ3) is 14.5. The summed E-state index contributed by atoms with van der Waals surface area (Å²) < 4.78 is 39.0. The first kappa shape index (κ1) is 34.7. The van der Waals surface area contributed by atoms with Gasteiger partial charge in [-0.25, -0.2) is 0 Å². The first-order valence-corrected chi connectivity index (χ1v) is 16.8. The summed E-state index contributed by atoms with van der Waals surface area (Å²) in [4.78, 5) is 0. The third-order valence-electron chi connectivity index (χ3n) is 7.38. The first-order chi connectivity index (χ1) is 15.7. The van der Waals surface area contributed by atoms with E-state index in [1.54, 1.807) is 38.0 Å². The van der Waals surface area contributed by atoms with Gasteiger partial charge >= 0.3 is 7.25 Å². The second-order valence-corrected chi connectivity index (χ2v) is 15.3. The Labute approximate surface area is 223 Å². The molecule has 1 aliphatic carbocycles. The molecule has 2 aliphatic heterocycles. The van der Waals surface area contributed by atoms with Gasteiger partial charge in [0.25, 0.3) is 0 Å². The van der Waals surface area contributed by atoms with Crippen molar-refractivity contribution in [2.24, 2.45) is 0 Å². The molecule has 8 heteroatoms. The van der Waals surface area contributed by atoms with Crippen LogP contribution >= 0.6 is 15.8 Å². The second kappa shape index (κ2) is 19.8. The topological polar surface area (TPSA) is 0 Å². The van der Waals surface area contributed by atoms with Crippen molar-refractivity contribution in [2.75, 3.05) is 12.3 Å². The van der Waals surface area contributed by atoms with Crippen LogP contribution < -0.4 is 0 Å². The Kier molecular flexibility index (Phi) is 20.2. The van der Waals surface area contributed by atoms with E-state index in [1.165, 1.54) is 51.4 Å². The molecule has 203 valence electrons. The van der Waals surface area contributed by atoms with Gasteiger partial charge in [-0.05, 0) is 112 Å². The average Bonchev–Trinajstić information content (AvgIpc) is 3.33. The van der Waals surface area contributed by atoms with E-state index in [9.17, 15) is 17.3 Å². The van der Waals surface area contributed by atoms with Gasteiger partial charge in [-0.1, -0.05) is 52.0 Å². The van der Waals surface area contributed by atoms with E-state index in [-0.39, 0.29) is 19.5 Å². The molecule has 34 heavy (non-hydrogen) atoms. The molecule has 2 saturated heterocycles. The molecular weight excluding hydrogens is 564 g/mol. The zero-order valence-corrected chi connectivity index (χ0v) is 25.3. The van der Waals surface area contributed by atoms with Crippen molar-refractivity contribution in [3.05, 3.63) is 24.3 Å². The quantitative estimate of drug-likeness (QED) is 0.116. The number of halogens is 4. The van der Waals surface area contributed by atoms with Crippen LogP contribution in [0.1, 0.15) is 105 Å². The van der Waals surface area contributed by atoms with Crippen molar-refractivity contribution in [1.29, 1.82) is 0 Å². The SMILES string of the molecule is C1=C\CC/C=C\CC/1.CC[C@@H]1CC[C@@H](CC)P1CCP1[C@H](CC)CC[C@H]1CC.F[B-](F)(F)F.[Rh]. The molecule has 0 N–H and O–H groups in total. The van der Waals surface area contributed by atoms with E-state index in [0.717, 1.165) is 22.6 Å². The smallest absolute Gasteiger partial charge is 0.418 e. The van der Waals surface area contributed by atoms with E-state index >= 15 is 0 Å². The molecule has 3 aliphatic rings. The van der Waals surface area contributed by atoms with E-state index in [4.69, 9.17) is 0 Å². The summed E-state index contributed by atoms with van der Waals surface area (Å²) in [6.45, 7) is 9.79. The third-order valence-corrected chi connectivity index (χ3v) is 15.5. The van der Waals surface area contributed by atoms with Crippen LogP contribution in [0.2, 0.25) is 0 Å². The van der Waals surface area contributed by atoms with Crippen LogP contribution in [-0.2, 0) is 19.5 Å². The summed E-state index contributed by atoms with van der Waals surface area (Å²) in [5.74, 6) is 0. The average molecular weight is 612 g/mol. The molecule has 0 aromatic heterocycles. The van der Waals surface area contributed by atoms with Gasteiger partial charge < -0.3 is 17.3 Å². The Bertz CT molecular complexity index is 475. The first-order valence-electron chi connectivity index (χ1n) is 13.4. The Hall–Kier alpha value is 0.748. The zero-order chi connectivity index (χ0) is 24.7. The molecule has 0 aromatic rings. The molecule has 3 rings (SSSR count). The Morgan fingerprint density at radius 2 is 0.765 bits per heavy atom. The van der Waals surface area contributed by atoms with Crippen LogP contribution in [0.5, 0.6) is 0 Å². The van der Waals surface area contributed by atoms with Crippen molar-refractivity contribution < 1.29 is 36.7 Å². The summed E-state index contributed by atoms with van der Waals surface area (Å²) in [6.07, 6.45) is 29.4. The maximum absolute atomic E-state index is 9.75. The zero-order valence-electron chi connectivity index (χ0n) is 21.8. The van der Waals surface area contributed by atoms with Crippen molar-refractivity contribution in [1.82, 2.24) is 0 Å². The van der Waals surface area contributed by atoms with Gasteiger partial charge in [0.05, 0.1) is 0 Å². The van der Waals surface area contributed by atoms with E-state index in [2.05, 4.69) is 52.0 Å². The van der Waals surface area contributed by atoms with Gasteiger partial charge in [0.1, 0.15) is 0 Å². The van der Waals surface area contributed by atoms with Crippen LogP contribution in [0.15, 0.2) is 24.3 Å². The maximum Gasteiger partial charge on any atom is 0.673 e. The monoisotopic (exact) mass is 612 g/mol. The fraction of sp³-hybridized carbons (Fsp3) is 0.846. The minimum absolute atomic E-state index is 0. The Morgan fingerprint density at radius 1 is 0.559 bits per heavy atom. The van der Waals surface area contributed by atoms with E-state index < -0.39 is 7.25 Å². The maximum atomic E-state index is 9.75. The standard InChI is InChI=1S/C18H36P2.C8H12.BF4.Rh/c1-5-15-9-10-16(6-2)19(15)13-14-20-17(7-3)11-12-18(20)8-4;1-2-4-6-8-7-5-3-1;2-1(3,4)5;/h15-18H,5-14H2,1-4H3;1-2,7-8H,3-6H2;;/q;;-1;/b;2-1-,8-7-;;/t15-,16-,17-,18-;;;/m1.../s1. The minimum Gasteiger partial charge on any atom is -0.418 e. The Morgan fingerprint density at radius 3 is 0.941 bits per heavy atom. The summed E-state index contributed by atoms with van der Waals surface area (Å²) >= 11 is 0. The summed E-state index contributed by atoms with van der Waals surface area (Å²) in [7, 11) is -5.24. The normalized spacial score (nSPS) is 29.5. The van der Waals surface area contributed by atoms with E-state index in [1.807, 2.05) is 0 Å².